The zero-order chi connectivity index (χ0) is 20.7. The first-order valence-electron chi connectivity index (χ1n) is 9.63. The molecule has 0 atom stereocenters. The molecule has 0 spiro atoms. The summed E-state index contributed by atoms with van der Waals surface area (Å²) in [6, 6.07) is 8.86. The van der Waals surface area contributed by atoms with Gasteiger partial charge in [0, 0.05) is 23.7 Å². The highest BCUT2D eigenvalue weighted by molar-refractivity contribution is 7.15. The molecule has 0 saturated heterocycles. The van der Waals surface area contributed by atoms with Crippen LogP contribution < -0.4 is 55.4 Å². The summed E-state index contributed by atoms with van der Waals surface area (Å²) in [5, 5.41) is 1.55. The number of halogens is 2. The number of anilines is 2. The summed E-state index contributed by atoms with van der Waals surface area (Å²) in [6.45, 7) is 13.3. The standard InChI is InChI=1S/C22H30N4S2.2BrH.H2O/c1-21(2,3)17-15(27-19(23)25-17)11-13-8-7-9-14(10-13)12-16-18(22(4,5)6)26-20(24)28-16;;;/h7-10H,11-12H2,1-6H3,(H2,23,25)(H2,24,26);2*1H;1H2. The van der Waals surface area contributed by atoms with Crippen molar-refractivity contribution >= 4 is 32.9 Å². The van der Waals surface area contributed by atoms with Crippen LogP contribution in [0.2, 0.25) is 0 Å². The molecule has 0 amide bonds. The van der Waals surface area contributed by atoms with Crippen molar-refractivity contribution in [2.24, 2.45) is 0 Å². The number of hydrogen-bond acceptors (Lipinski definition) is 4. The quantitative estimate of drug-likeness (QED) is 0.350. The molecule has 2 heterocycles. The van der Waals surface area contributed by atoms with Gasteiger partial charge in [-0.25, -0.2) is 9.97 Å². The topological polar surface area (TPSA) is 112 Å². The van der Waals surface area contributed by atoms with E-state index in [0.29, 0.717) is 0 Å². The van der Waals surface area contributed by atoms with E-state index in [4.69, 9.17) is 11.5 Å². The molecule has 0 unspecified atom stereocenters. The van der Waals surface area contributed by atoms with E-state index in [2.05, 4.69) is 75.8 Å². The third kappa shape index (κ3) is 7.53. The molecule has 0 aliphatic rings. The van der Waals surface area contributed by atoms with Crippen molar-refractivity contribution in [1.29, 1.82) is 0 Å². The number of aromatic amines is 2. The van der Waals surface area contributed by atoms with Gasteiger partial charge in [-0.05, 0) is 11.1 Å². The highest BCUT2D eigenvalue weighted by atomic mass is 79.9. The number of benzene rings is 1. The van der Waals surface area contributed by atoms with Gasteiger partial charge in [0.05, 0.1) is 9.75 Å². The summed E-state index contributed by atoms with van der Waals surface area (Å²) >= 11 is 3.32. The van der Waals surface area contributed by atoms with Crippen molar-refractivity contribution < 1.29 is 49.4 Å². The largest absolute Gasteiger partial charge is 1.00 e. The van der Waals surface area contributed by atoms with Gasteiger partial charge in [-0.1, -0.05) is 88.5 Å². The average Bonchev–Trinajstić information content (AvgIpc) is 3.10. The Morgan fingerprint density at radius 1 is 0.742 bits per heavy atom. The van der Waals surface area contributed by atoms with E-state index in [1.807, 2.05) is 0 Å². The van der Waals surface area contributed by atoms with E-state index in [0.717, 1.165) is 23.1 Å². The predicted octanol–water partition coefficient (Wildman–Crippen LogP) is -2.44. The number of nitrogens with one attached hydrogen (secondary N) is 2. The van der Waals surface area contributed by atoms with Crippen molar-refractivity contribution in [3.05, 3.63) is 56.5 Å². The SMILES string of the molecule is CC(C)(C)c1[nH+]c(N)sc1Cc1cccc(Cc2sc(N)[nH+]c2C(C)(C)C)c1.O.[Br-].[Br-]. The van der Waals surface area contributed by atoms with Gasteiger partial charge < -0.3 is 39.4 Å². The second kappa shape index (κ2) is 11.2. The summed E-state index contributed by atoms with van der Waals surface area (Å²) in [5.74, 6) is 0. The second-order valence-corrected chi connectivity index (χ2v) is 11.7. The Morgan fingerprint density at radius 3 is 1.42 bits per heavy atom. The molecule has 5 nitrogen and oxygen atoms in total. The molecule has 0 fully saturated rings. The van der Waals surface area contributed by atoms with E-state index in [9.17, 15) is 0 Å². The minimum absolute atomic E-state index is 0. The maximum atomic E-state index is 6.07. The molecule has 0 radical (unpaired) electrons. The van der Waals surface area contributed by atoms with E-state index < -0.39 is 0 Å². The van der Waals surface area contributed by atoms with Crippen LogP contribution in [-0.2, 0) is 23.7 Å². The van der Waals surface area contributed by atoms with Gasteiger partial charge in [0.15, 0.2) is 0 Å². The molecule has 3 aromatic rings. The highest BCUT2D eigenvalue weighted by Crippen LogP contribution is 2.31. The fourth-order valence-corrected chi connectivity index (χ4v) is 5.72. The van der Waals surface area contributed by atoms with Crippen LogP contribution in [0, 0.1) is 0 Å². The lowest BCUT2D eigenvalue weighted by molar-refractivity contribution is -0.374. The van der Waals surface area contributed by atoms with Crippen LogP contribution in [-0.4, -0.2) is 5.48 Å². The van der Waals surface area contributed by atoms with Crippen molar-refractivity contribution in [3.8, 4) is 0 Å². The van der Waals surface area contributed by atoms with Crippen LogP contribution in [0.15, 0.2) is 24.3 Å². The first kappa shape index (κ1) is 30.0. The Hall–Kier alpha value is -1.00. The summed E-state index contributed by atoms with van der Waals surface area (Å²) in [4.78, 5) is 9.35. The predicted molar refractivity (Wildman–Crippen MR) is 124 cm³/mol. The molecule has 1 aromatic carbocycles. The molecular weight excluding hydrogens is 560 g/mol. The van der Waals surface area contributed by atoms with Gasteiger partial charge in [-0.3, -0.25) is 11.5 Å². The Bertz CT molecular complexity index is 913. The molecule has 2 aromatic heterocycles. The second-order valence-electron chi connectivity index (χ2n) is 9.45. The van der Waals surface area contributed by atoms with Gasteiger partial charge in [-0.15, -0.1) is 0 Å². The fourth-order valence-electron chi connectivity index (χ4n) is 3.49. The van der Waals surface area contributed by atoms with Gasteiger partial charge in [0.25, 0.3) is 0 Å². The summed E-state index contributed by atoms with van der Waals surface area (Å²) in [5.41, 5.74) is 17.3. The number of H-pyrrole nitrogens is 2. The van der Waals surface area contributed by atoms with Gasteiger partial charge >= 0.3 is 10.3 Å². The lowest BCUT2D eigenvalue weighted by Gasteiger charge is -2.16. The van der Waals surface area contributed by atoms with Crippen LogP contribution in [0.3, 0.4) is 0 Å². The molecular formula is C22H34Br2N4OS2. The molecule has 0 aliphatic heterocycles. The van der Waals surface area contributed by atoms with Crippen LogP contribution in [0.25, 0.3) is 0 Å². The molecule has 0 aliphatic carbocycles. The smallest absolute Gasteiger partial charge is 0.329 e. The van der Waals surface area contributed by atoms with Crippen molar-refractivity contribution in [2.75, 3.05) is 11.5 Å². The van der Waals surface area contributed by atoms with Gasteiger partial charge in [0.2, 0.25) is 0 Å². The number of hydrogen-bond donors (Lipinski definition) is 2. The maximum absolute atomic E-state index is 6.07. The first-order valence-corrected chi connectivity index (χ1v) is 11.3. The minimum Gasteiger partial charge on any atom is -1.00 e. The molecule has 174 valence electrons. The zero-order valence-electron chi connectivity index (χ0n) is 19.0. The third-order valence-electron chi connectivity index (χ3n) is 4.74. The number of nitrogens with two attached hydrogens (primary N) is 2. The molecule has 9 heteroatoms. The Labute approximate surface area is 214 Å². The summed E-state index contributed by atoms with van der Waals surface area (Å²) < 4.78 is 0. The van der Waals surface area contributed by atoms with Gasteiger partial charge in [0.1, 0.15) is 11.4 Å². The number of thiazole rings is 2. The van der Waals surface area contributed by atoms with Crippen LogP contribution >= 0.6 is 22.7 Å². The monoisotopic (exact) mass is 592 g/mol. The van der Waals surface area contributed by atoms with E-state index in [1.165, 1.54) is 32.3 Å². The molecule has 8 N–H and O–H groups in total. The summed E-state index contributed by atoms with van der Waals surface area (Å²) in [6.07, 6.45) is 1.79. The highest BCUT2D eigenvalue weighted by Gasteiger charge is 2.27. The van der Waals surface area contributed by atoms with Crippen molar-refractivity contribution in [3.63, 3.8) is 0 Å². The Kier molecular flexibility index (Phi) is 10.9. The van der Waals surface area contributed by atoms with Crippen LogP contribution in [0.4, 0.5) is 10.3 Å². The maximum Gasteiger partial charge on any atom is 0.329 e. The molecule has 0 bridgehead atoms. The van der Waals surface area contributed by atoms with E-state index in [-0.39, 0.29) is 50.3 Å². The Morgan fingerprint density at radius 2 is 1.10 bits per heavy atom. The van der Waals surface area contributed by atoms with Crippen LogP contribution in [0.1, 0.15) is 73.8 Å². The van der Waals surface area contributed by atoms with E-state index >= 15 is 0 Å². The first-order chi connectivity index (χ1) is 12.9. The normalized spacial score (nSPS) is 11.3. The number of aromatic nitrogens is 2. The lowest BCUT2D eigenvalue weighted by Crippen LogP contribution is -3.00. The van der Waals surface area contributed by atoms with Gasteiger partial charge in [-0.2, -0.15) is 0 Å². The zero-order valence-corrected chi connectivity index (χ0v) is 23.8. The van der Waals surface area contributed by atoms with Crippen molar-refractivity contribution in [1.82, 2.24) is 0 Å². The van der Waals surface area contributed by atoms with Crippen LogP contribution in [0.5, 0.6) is 0 Å². The minimum atomic E-state index is 0. The third-order valence-corrected chi connectivity index (χ3v) is 6.57. The average molecular weight is 594 g/mol. The van der Waals surface area contributed by atoms with Crippen molar-refractivity contribution in [2.45, 2.75) is 65.2 Å². The number of rotatable bonds is 4. The lowest BCUT2D eigenvalue weighted by atomic mass is 9.89. The molecule has 31 heavy (non-hydrogen) atoms. The number of nitrogen functional groups attached to an aromatic ring is 2. The molecule has 0 saturated carbocycles. The molecule has 3 rings (SSSR count). The Balaban J connectivity index is 0.00000300. The van der Waals surface area contributed by atoms with E-state index in [1.54, 1.807) is 22.7 Å². The fraction of sp³-hybridized carbons (Fsp3) is 0.455. The summed E-state index contributed by atoms with van der Waals surface area (Å²) in [7, 11) is 0.